The Hall–Kier alpha value is -3.57. The molecule has 2 heterocycles. The molecule has 1 aliphatic heterocycles. The molecular weight excluding hydrogens is 518 g/mol. The molecule has 1 N–H and O–H groups in total. The van der Waals surface area contributed by atoms with Gasteiger partial charge >= 0.3 is 5.88 Å². The normalized spacial score (nSPS) is 14.9. The van der Waals surface area contributed by atoms with E-state index in [1.807, 2.05) is 4.90 Å². The van der Waals surface area contributed by atoms with Crippen LogP contribution < -0.4 is 19.1 Å². The third-order valence-corrected chi connectivity index (χ3v) is 8.05. The summed E-state index contributed by atoms with van der Waals surface area (Å²) in [5, 5.41) is 13.3. The minimum absolute atomic E-state index is 0.0388. The molecule has 1 saturated heterocycles. The molecule has 11 heteroatoms. The van der Waals surface area contributed by atoms with Crippen LogP contribution in [-0.4, -0.2) is 62.6 Å². The van der Waals surface area contributed by atoms with Crippen molar-refractivity contribution in [3.05, 3.63) is 54.1 Å². The molecule has 10 nitrogen and oxygen atoms in total. The summed E-state index contributed by atoms with van der Waals surface area (Å²) in [6.45, 7) is 13.2. The lowest BCUT2D eigenvalue weighted by molar-refractivity contribution is 0.208. The molecule has 4 rings (SSSR count). The van der Waals surface area contributed by atoms with Gasteiger partial charge in [0.25, 0.3) is 10.0 Å². The molecule has 1 radical (unpaired) electrons. The standard InChI is InChI=1S/C28H36N5O5S/c1-19(2)32-15-17-33(18-16-32)27-29-25(24(26(34)30-27)38-23-10-8-7-9-22(23)37-6)31-39(35,36)21-13-11-20(12-14-21)28(3,4)5/h7-14,19H,15-18H2,1-6H3,(H,29,30,31). The first-order valence-electron chi connectivity index (χ1n) is 12.9. The molecular formula is C28H36N5O5S. The minimum atomic E-state index is -4.11. The Balaban J connectivity index is 1.72. The summed E-state index contributed by atoms with van der Waals surface area (Å²) in [5.41, 5.74) is 0.859. The van der Waals surface area contributed by atoms with Crippen LogP contribution in [0.4, 0.5) is 11.8 Å². The molecule has 3 aromatic rings. The highest BCUT2D eigenvalue weighted by atomic mass is 32.2. The number of benzene rings is 2. The predicted molar refractivity (Wildman–Crippen MR) is 150 cm³/mol. The van der Waals surface area contributed by atoms with Crippen LogP contribution in [0.3, 0.4) is 0 Å². The van der Waals surface area contributed by atoms with E-state index in [1.54, 1.807) is 36.4 Å². The first-order valence-corrected chi connectivity index (χ1v) is 14.4. The third-order valence-electron chi connectivity index (χ3n) is 6.69. The second-order valence-corrected chi connectivity index (χ2v) is 12.4. The molecule has 0 atom stereocenters. The number of rotatable bonds is 8. The highest BCUT2D eigenvalue weighted by Crippen LogP contribution is 2.41. The van der Waals surface area contributed by atoms with E-state index in [4.69, 9.17) is 9.47 Å². The number of hydrogen-bond acceptors (Lipinski definition) is 8. The van der Waals surface area contributed by atoms with Gasteiger partial charge in [0.2, 0.25) is 11.7 Å². The quantitative estimate of drug-likeness (QED) is 0.411. The number of nitrogens with zero attached hydrogens (tertiary/aromatic N) is 4. The van der Waals surface area contributed by atoms with Crippen molar-refractivity contribution in [1.82, 2.24) is 14.9 Å². The molecule has 1 fully saturated rings. The minimum Gasteiger partial charge on any atom is -0.493 e. The van der Waals surface area contributed by atoms with Crippen molar-refractivity contribution in [2.75, 3.05) is 42.9 Å². The summed E-state index contributed by atoms with van der Waals surface area (Å²) in [4.78, 5) is 12.9. The second kappa shape index (κ2) is 11.3. The third kappa shape index (κ3) is 6.54. The van der Waals surface area contributed by atoms with E-state index >= 15 is 0 Å². The zero-order chi connectivity index (χ0) is 28.4. The molecule has 0 bridgehead atoms. The number of anilines is 2. The predicted octanol–water partition coefficient (Wildman–Crippen LogP) is 5.05. The maximum absolute atomic E-state index is 13.4. The molecule has 1 aromatic heterocycles. The topological polar surface area (TPSA) is 117 Å². The molecule has 39 heavy (non-hydrogen) atoms. The van der Waals surface area contributed by atoms with E-state index in [0.29, 0.717) is 24.9 Å². The van der Waals surface area contributed by atoms with Crippen LogP contribution in [0.1, 0.15) is 40.2 Å². The van der Waals surface area contributed by atoms with E-state index in [0.717, 1.165) is 18.7 Å². The van der Waals surface area contributed by atoms with E-state index < -0.39 is 15.9 Å². The maximum atomic E-state index is 13.4. The Kier molecular flexibility index (Phi) is 8.22. The van der Waals surface area contributed by atoms with Gasteiger partial charge in [-0.1, -0.05) is 45.0 Å². The van der Waals surface area contributed by atoms with Gasteiger partial charge in [0.15, 0.2) is 17.3 Å². The average molecular weight is 555 g/mol. The zero-order valence-electron chi connectivity index (χ0n) is 23.3. The lowest BCUT2D eigenvalue weighted by Crippen LogP contribution is -2.49. The van der Waals surface area contributed by atoms with Crippen LogP contribution >= 0.6 is 0 Å². The molecule has 209 valence electrons. The summed E-state index contributed by atoms with van der Waals surface area (Å²) in [7, 11) is -2.63. The zero-order valence-corrected chi connectivity index (χ0v) is 24.1. The van der Waals surface area contributed by atoms with Crippen molar-refractivity contribution in [3.63, 3.8) is 0 Å². The molecule has 2 aromatic carbocycles. The highest BCUT2D eigenvalue weighted by Gasteiger charge is 2.28. The molecule has 1 aliphatic rings. The SMILES string of the molecule is COc1ccccc1Oc1c([O])nc(N2CCN(C(C)C)CC2)nc1NS(=O)(=O)c1ccc(C(C)(C)C)cc1. The van der Waals surface area contributed by atoms with E-state index in [1.165, 1.54) is 19.2 Å². The van der Waals surface area contributed by atoms with Gasteiger partial charge in [-0.3, -0.25) is 14.7 Å². The van der Waals surface area contributed by atoms with E-state index in [-0.39, 0.29) is 33.6 Å². The van der Waals surface area contributed by atoms with Crippen LogP contribution in [0.5, 0.6) is 23.1 Å². The van der Waals surface area contributed by atoms with Crippen LogP contribution in [0, 0.1) is 0 Å². The summed E-state index contributed by atoms with van der Waals surface area (Å²) >= 11 is 0. The van der Waals surface area contributed by atoms with Gasteiger partial charge in [-0.2, -0.15) is 9.97 Å². The smallest absolute Gasteiger partial charge is 0.319 e. The van der Waals surface area contributed by atoms with Gasteiger partial charge in [-0.15, -0.1) is 0 Å². The number of ether oxygens (including phenoxy) is 2. The Morgan fingerprint density at radius 3 is 2.10 bits per heavy atom. The summed E-state index contributed by atoms with van der Waals surface area (Å²) in [5.74, 6) is -0.554. The highest BCUT2D eigenvalue weighted by molar-refractivity contribution is 7.92. The van der Waals surface area contributed by atoms with Crippen molar-refractivity contribution in [2.24, 2.45) is 0 Å². The fraction of sp³-hybridized carbons (Fsp3) is 0.429. The van der Waals surface area contributed by atoms with Crippen LogP contribution in [0.2, 0.25) is 0 Å². The Bertz CT molecular complexity index is 1400. The first kappa shape index (κ1) is 28.4. The van der Waals surface area contributed by atoms with Gasteiger partial charge in [-0.25, -0.2) is 8.42 Å². The van der Waals surface area contributed by atoms with Crippen LogP contribution in [-0.2, 0) is 20.5 Å². The Morgan fingerprint density at radius 2 is 1.54 bits per heavy atom. The van der Waals surface area contributed by atoms with E-state index in [2.05, 4.69) is 54.2 Å². The second-order valence-electron chi connectivity index (χ2n) is 10.8. The number of nitrogens with one attached hydrogen (secondary N) is 1. The van der Waals surface area contributed by atoms with Crippen molar-refractivity contribution in [1.29, 1.82) is 0 Å². The molecule has 0 aliphatic carbocycles. The largest absolute Gasteiger partial charge is 0.493 e. The monoisotopic (exact) mass is 554 g/mol. The van der Waals surface area contributed by atoms with Gasteiger partial charge < -0.3 is 14.4 Å². The molecule has 0 saturated carbocycles. The fourth-order valence-electron chi connectivity index (χ4n) is 4.29. The average Bonchev–Trinajstić information content (AvgIpc) is 2.90. The van der Waals surface area contributed by atoms with E-state index in [9.17, 15) is 13.5 Å². The van der Waals surface area contributed by atoms with Crippen molar-refractivity contribution < 1.29 is 23.0 Å². The lowest BCUT2D eigenvalue weighted by atomic mass is 9.87. The number of methoxy groups -OCH3 is 1. The van der Waals surface area contributed by atoms with Crippen LogP contribution in [0.15, 0.2) is 53.4 Å². The number of piperazine rings is 1. The first-order chi connectivity index (χ1) is 18.4. The van der Waals surface area contributed by atoms with Gasteiger partial charge in [0.05, 0.1) is 12.0 Å². The Labute approximate surface area is 230 Å². The molecule has 0 unspecified atom stereocenters. The number of para-hydroxylation sites is 2. The van der Waals surface area contributed by atoms with Crippen molar-refractivity contribution in [2.45, 2.75) is 51.0 Å². The number of hydrogen-bond donors (Lipinski definition) is 1. The summed E-state index contributed by atoms with van der Waals surface area (Å²) in [6.07, 6.45) is 0. The van der Waals surface area contributed by atoms with Gasteiger partial charge in [0, 0.05) is 32.2 Å². The van der Waals surface area contributed by atoms with Gasteiger partial charge in [-0.05, 0) is 49.1 Å². The summed E-state index contributed by atoms with van der Waals surface area (Å²) in [6, 6.07) is 13.8. The van der Waals surface area contributed by atoms with Crippen LogP contribution in [0.25, 0.3) is 0 Å². The van der Waals surface area contributed by atoms with Gasteiger partial charge in [0.1, 0.15) is 0 Å². The maximum Gasteiger partial charge on any atom is 0.319 e. The van der Waals surface area contributed by atoms with Crippen molar-refractivity contribution >= 4 is 21.8 Å². The number of aromatic nitrogens is 2. The summed E-state index contributed by atoms with van der Waals surface area (Å²) < 4.78 is 40.6. The molecule has 0 amide bonds. The number of sulfonamides is 1. The molecule has 0 spiro atoms. The Morgan fingerprint density at radius 1 is 0.923 bits per heavy atom. The fourth-order valence-corrected chi connectivity index (χ4v) is 5.30. The lowest BCUT2D eigenvalue weighted by Gasteiger charge is -2.36. The van der Waals surface area contributed by atoms with Crippen molar-refractivity contribution in [3.8, 4) is 23.1 Å².